The topological polar surface area (TPSA) is 78.0 Å². The lowest BCUT2D eigenvalue weighted by molar-refractivity contribution is 0.0949. The van der Waals surface area contributed by atoms with Gasteiger partial charge in [0, 0.05) is 29.0 Å². The minimum Gasteiger partial charge on any atom is -0.386 e. The van der Waals surface area contributed by atoms with Gasteiger partial charge in [-0.3, -0.25) is 4.79 Å². The number of aromatic amines is 1. The molecule has 5 nitrogen and oxygen atoms in total. The zero-order valence-electron chi connectivity index (χ0n) is 12.2. The summed E-state index contributed by atoms with van der Waals surface area (Å²) in [5.41, 5.74) is 2.64. The maximum absolute atomic E-state index is 12.0. The lowest BCUT2D eigenvalue weighted by Crippen LogP contribution is -2.26. The average molecular weight is 315 g/mol. The SMILES string of the molecule is C[C@H](O)c1nc(C(=O)NCCc2c[nH]c3ccccc23)cs1. The number of thiazole rings is 1. The van der Waals surface area contributed by atoms with Crippen LogP contribution >= 0.6 is 11.3 Å². The number of hydrogen-bond acceptors (Lipinski definition) is 4. The summed E-state index contributed by atoms with van der Waals surface area (Å²) in [5, 5.41) is 15.7. The van der Waals surface area contributed by atoms with E-state index in [0.717, 1.165) is 11.9 Å². The molecule has 0 spiro atoms. The number of carbonyl (C=O) groups excluding carboxylic acids is 1. The summed E-state index contributed by atoms with van der Waals surface area (Å²) in [6.07, 6.45) is 2.09. The smallest absolute Gasteiger partial charge is 0.270 e. The van der Waals surface area contributed by atoms with Gasteiger partial charge in [-0.1, -0.05) is 18.2 Å². The van der Waals surface area contributed by atoms with E-state index in [-0.39, 0.29) is 5.91 Å². The van der Waals surface area contributed by atoms with Crippen molar-refractivity contribution >= 4 is 28.1 Å². The van der Waals surface area contributed by atoms with E-state index in [9.17, 15) is 9.90 Å². The first-order chi connectivity index (χ1) is 10.6. The van der Waals surface area contributed by atoms with Gasteiger partial charge >= 0.3 is 0 Å². The molecule has 0 aliphatic carbocycles. The normalized spacial score (nSPS) is 12.5. The van der Waals surface area contributed by atoms with Gasteiger partial charge in [-0.25, -0.2) is 4.98 Å². The van der Waals surface area contributed by atoms with Gasteiger partial charge in [-0.2, -0.15) is 0 Å². The molecule has 6 heteroatoms. The molecule has 0 radical (unpaired) electrons. The van der Waals surface area contributed by atoms with Crippen molar-refractivity contribution in [3.05, 3.63) is 52.1 Å². The number of hydrogen-bond donors (Lipinski definition) is 3. The molecule has 0 aliphatic rings. The fourth-order valence-corrected chi connectivity index (χ4v) is 3.06. The minimum absolute atomic E-state index is 0.206. The van der Waals surface area contributed by atoms with E-state index >= 15 is 0 Å². The van der Waals surface area contributed by atoms with E-state index in [0.29, 0.717) is 17.2 Å². The van der Waals surface area contributed by atoms with Crippen molar-refractivity contribution in [3.63, 3.8) is 0 Å². The van der Waals surface area contributed by atoms with Crippen molar-refractivity contribution in [2.45, 2.75) is 19.4 Å². The summed E-state index contributed by atoms with van der Waals surface area (Å²) in [4.78, 5) is 19.4. The van der Waals surface area contributed by atoms with E-state index in [1.54, 1.807) is 12.3 Å². The summed E-state index contributed by atoms with van der Waals surface area (Å²) < 4.78 is 0. The lowest BCUT2D eigenvalue weighted by atomic mass is 10.1. The molecular formula is C16H17N3O2S. The number of rotatable bonds is 5. The van der Waals surface area contributed by atoms with Crippen molar-refractivity contribution in [2.75, 3.05) is 6.54 Å². The molecule has 0 fully saturated rings. The number of amides is 1. The molecule has 1 aromatic carbocycles. The number of benzene rings is 1. The van der Waals surface area contributed by atoms with Gasteiger partial charge in [0.1, 0.15) is 16.8 Å². The Morgan fingerprint density at radius 3 is 3.05 bits per heavy atom. The molecule has 2 aromatic heterocycles. The molecule has 3 rings (SSSR count). The Morgan fingerprint density at radius 1 is 1.45 bits per heavy atom. The molecule has 22 heavy (non-hydrogen) atoms. The Bertz CT molecular complexity index is 791. The van der Waals surface area contributed by atoms with Crippen molar-refractivity contribution in [1.29, 1.82) is 0 Å². The standard InChI is InChI=1S/C16H17N3O2S/c1-10(20)16-19-14(9-22-16)15(21)17-7-6-11-8-18-13-5-3-2-4-12(11)13/h2-5,8-10,18,20H,6-7H2,1H3,(H,17,21)/t10-/m0/s1. The highest BCUT2D eigenvalue weighted by atomic mass is 32.1. The number of nitrogens with one attached hydrogen (secondary N) is 2. The van der Waals surface area contributed by atoms with Crippen LogP contribution in [0.4, 0.5) is 0 Å². The fourth-order valence-electron chi connectivity index (χ4n) is 2.32. The maximum atomic E-state index is 12.0. The number of carbonyl (C=O) groups is 1. The number of para-hydroxylation sites is 1. The average Bonchev–Trinajstić information content (AvgIpc) is 3.14. The molecule has 2 heterocycles. The van der Waals surface area contributed by atoms with Gasteiger partial charge in [-0.05, 0) is 25.0 Å². The summed E-state index contributed by atoms with van der Waals surface area (Å²) >= 11 is 1.29. The van der Waals surface area contributed by atoms with Crippen molar-refractivity contribution < 1.29 is 9.90 Å². The van der Waals surface area contributed by atoms with E-state index in [1.807, 2.05) is 24.4 Å². The number of aromatic nitrogens is 2. The van der Waals surface area contributed by atoms with E-state index in [2.05, 4.69) is 21.4 Å². The van der Waals surface area contributed by atoms with Crippen LogP contribution < -0.4 is 5.32 Å². The first kappa shape index (κ1) is 14.7. The zero-order valence-corrected chi connectivity index (χ0v) is 13.0. The highest BCUT2D eigenvalue weighted by molar-refractivity contribution is 7.09. The number of fused-ring (bicyclic) bond motifs is 1. The van der Waals surface area contributed by atoms with Crippen molar-refractivity contribution in [2.24, 2.45) is 0 Å². The van der Waals surface area contributed by atoms with Gasteiger partial charge < -0.3 is 15.4 Å². The predicted molar refractivity (Wildman–Crippen MR) is 87.1 cm³/mol. The molecular weight excluding hydrogens is 298 g/mol. The monoisotopic (exact) mass is 315 g/mol. The van der Waals surface area contributed by atoms with Gasteiger partial charge in [0.05, 0.1) is 0 Å². The molecule has 3 aromatic rings. The lowest BCUT2D eigenvalue weighted by Gasteiger charge is -2.03. The van der Waals surface area contributed by atoms with Crippen molar-refractivity contribution in [3.8, 4) is 0 Å². The van der Waals surface area contributed by atoms with Crippen LogP contribution in [-0.4, -0.2) is 27.5 Å². The Balaban J connectivity index is 1.59. The van der Waals surface area contributed by atoms with Gasteiger partial charge in [0.15, 0.2) is 0 Å². The first-order valence-corrected chi connectivity index (χ1v) is 8.00. The Morgan fingerprint density at radius 2 is 2.27 bits per heavy atom. The molecule has 1 amide bonds. The molecule has 1 atom stereocenters. The first-order valence-electron chi connectivity index (χ1n) is 7.12. The highest BCUT2D eigenvalue weighted by Gasteiger charge is 2.13. The minimum atomic E-state index is -0.641. The second-order valence-electron chi connectivity index (χ2n) is 5.11. The van der Waals surface area contributed by atoms with Crippen LogP contribution in [-0.2, 0) is 6.42 Å². The third kappa shape index (κ3) is 3.03. The van der Waals surface area contributed by atoms with Crippen LogP contribution in [0.25, 0.3) is 10.9 Å². The van der Waals surface area contributed by atoms with Gasteiger partial charge in [0.25, 0.3) is 5.91 Å². The van der Waals surface area contributed by atoms with Gasteiger partial charge in [0.2, 0.25) is 0 Å². The zero-order chi connectivity index (χ0) is 15.5. The highest BCUT2D eigenvalue weighted by Crippen LogP contribution is 2.18. The largest absolute Gasteiger partial charge is 0.386 e. The third-order valence-electron chi connectivity index (χ3n) is 3.47. The molecule has 0 unspecified atom stereocenters. The van der Waals surface area contributed by atoms with Crippen LogP contribution in [0.1, 0.15) is 34.1 Å². The van der Waals surface area contributed by atoms with E-state index < -0.39 is 6.10 Å². The summed E-state index contributed by atoms with van der Waals surface area (Å²) in [6.45, 7) is 2.18. The predicted octanol–water partition coefficient (Wildman–Crippen LogP) is 2.65. The maximum Gasteiger partial charge on any atom is 0.270 e. The van der Waals surface area contributed by atoms with Crippen LogP contribution in [0, 0.1) is 0 Å². The quantitative estimate of drug-likeness (QED) is 0.677. The molecule has 0 saturated heterocycles. The molecule has 0 bridgehead atoms. The van der Waals surface area contributed by atoms with Crippen LogP contribution in [0.3, 0.4) is 0 Å². The van der Waals surface area contributed by atoms with Crippen LogP contribution in [0.5, 0.6) is 0 Å². The number of nitrogens with zero attached hydrogens (tertiary/aromatic N) is 1. The second kappa shape index (κ2) is 6.29. The Kier molecular flexibility index (Phi) is 4.22. The molecule has 0 saturated carbocycles. The Hall–Kier alpha value is -2.18. The molecule has 114 valence electrons. The Labute approximate surface area is 132 Å². The third-order valence-corrected chi connectivity index (χ3v) is 4.48. The fraction of sp³-hybridized carbons (Fsp3) is 0.250. The van der Waals surface area contributed by atoms with E-state index in [1.165, 1.54) is 22.3 Å². The van der Waals surface area contributed by atoms with Gasteiger partial charge in [-0.15, -0.1) is 11.3 Å². The summed E-state index contributed by atoms with van der Waals surface area (Å²) in [7, 11) is 0. The summed E-state index contributed by atoms with van der Waals surface area (Å²) in [5.74, 6) is -0.206. The number of aliphatic hydroxyl groups excluding tert-OH is 1. The number of H-pyrrole nitrogens is 1. The second-order valence-corrected chi connectivity index (χ2v) is 6.00. The van der Waals surface area contributed by atoms with Crippen molar-refractivity contribution in [1.82, 2.24) is 15.3 Å². The number of aliphatic hydroxyl groups is 1. The summed E-state index contributed by atoms with van der Waals surface area (Å²) in [6, 6.07) is 8.10. The van der Waals surface area contributed by atoms with E-state index in [4.69, 9.17) is 0 Å². The van der Waals surface area contributed by atoms with Crippen LogP contribution in [0.15, 0.2) is 35.8 Å². The van der Waals surface area contributed by atoms with Crippen LogP contribution in [0.2, 0.25) is 0 Å². The molecule has 3 N–H and O–H groups in total. The molecule has 0 aliphatic heterocycles.